The van der Waals surface area contributed by atoms with E-state index in [1.54, 1.807) is 4.90 Å². The Morgan fingerprint density at radius 1 is 1.20 bits per heavy atom. The van der Waals surface area contributed by atoms with Crippen LogP contribution in [-0.4, -0.2) is 31.6 Å². The van der Waals surface area contributed by atoms with Gasteiger partial charge in [-0.3, -0.25) is 9.59 Å². The van der Waals surface area contributed by atoms with E-state index in [2.05, 4.69) is 11.4 Å². The normalized spacial score (nSPS) is 14.4. The molecule has 0 spiro atoms. The Balaban J connectivity index is 1.54. The van der Waals surface area contributed by atoms with Crippen molar-refractivity contribution in [3.63, 3.8) is 0 Å². The summed E-state index contributed by atoms with van der Waals surface area (Å²) < 4.78 is 5.13. The molecule has 1 saturated heterocycles. The van der Waals surface area contributed by atoms with Crippen molar-refractivity contribution in [2.75, 3.05) is 30.0 Å². The number of aryl methyl sites for hydroxylation is 2. The Labute approximate surface area is 147 Å². The molecule has 2 aromatic carbocycles. The van der Waals surface area contributed by atoms with E-state index in [-0.39, 0.29) is 18.4 Å². The third-order valence-electron chi connectivity index (χ3n) is 4.17. The first-order valence-electron chi connectivity index (χ1n) is 8.45. The van der Waals surface area contributed by atoms with E-state index in [1.165, 1.54) is 5.56 Å². The molecule has 5 heteroatoms. The number of nitrogens with zero attached hydrogens (tertiary/aromatic N) is 1. The number of nitrogens with one attached hydrogen (secondary N) is 1. The van der Waals surface area contributed by atoms with Gasteiger partial charge >= 0.3 is 0 Å². The second-order valence-electron chi connectivity index (χ2n) is 6.18. The van der Waals surface area contributed by atoms with Crippen LogP contribution in [0, 0.1) is 6.92 Å². The van der Waals surface area contributed by atoms with E-state index < -0.39 is 0 Å². The standard InChI is InChI=1S/C20H22N2O3/c1-15-3-2-4-16(13-15)5-10-19(23)21-17-6-8-18(9-7-17)22-11-12-25-14-20(22)24/h2-4,6-9,13H,5,10-12,14H2,1H3,(H,21,23). The third-order valence-corrected chi connectivity index (χ3v) is 4.17. The minimum absolute atomic E-state index is 0.0169. The number of hydrogen-bond donors (Lipinski definition) is 1. The average molecular weight is 338 g/mol. The lowest BCUT2D eigenvalue weighted by atomic mass is 10.1. The van der Waals surface area contributed by atoms with E-state index >= 15 is 0 Å². The fourth-order valence-electron chi connectivity index (χ4n) is 2.86. The van der Waals surface area contributed by atoms with E-state index in [1.807, 2.05) is 49.4 Å². The van der Waals surface area contributed by atoms with Crippen molar-refractivity contribution < 1.29 is 14.3 Å². The number of amides is 2. The summed E-state index contributed by atoms with van der Waals surface area (Å²) in [6.45, 7) is 3.27. The highest BCUT2D eigenvalue weighted by Crippen LogP contribution is 2.20. The highest BCUT2D eigenvalue weighted by atomic mass is 16.5. The third kappa shape index (κ3) is 4.67. The summed E-state index contributed by atoms with van der Waals surface area (Å²) in [6, 6.07) is 15.5. The minimum Gasteiger partial charge on any atom is -0.370 e. The number of anilines is 2. The number of morpholine rings is 1. The zero-order chi connectivity index (χ0) is 17.6. The lowest BCUT2D eigenvalue weighted by molar-refractivity contribution is -0.125. The Morgan fingerprint density at radius 2 is 2.00 bits per heavy atom. The van der Waals surface area contributed by atoms with Crippen LogP contribution in [0.15, 0.2) is 48.5 Å². The molecule has 0 bridgehead atoms. The molecule has 0 aromatic heterocycles. The Hall–Kier alpha value is -2.66. The lowest BCUT2D eigenvalue weighted by Gasteiger charge is -2.26. The van der Waals surface area contributed by atoms with E-state index in [9.17, 15) is 9.59 Å². The molecule has 2 amide bonds. The van der Waals surface area contributed by atoms with Crippen molar-refractivity contribution in [2.24, 2.45) is 0 Å². The van der Waals surface area contributed by atoms with Gasteiger partial charge in [-0.05, 0) is 43.2 Å². The predicted octanol–water partition coefficient (Wildman–Crippen LogP) is 2.93. The van der Waals surface area contributed by atoms with E-state index in [0.29, 0.717) is 26.0 Å². The fraction of sp³-hybridized carbons (Fsp3) is 0.300. The lowest BCUT2D eigenvalue weighted by Crippen LogP contribution is -2.41. The van der Waals surface area contributed by atoms with Gasteiger partial charge in [0.1, 0.15) is 6.61 Å². The molecule has 1 fully saturated rings. The van der Waals surface area contributed by atoms with Gasteiger partial charge < -0.3 is 15.0 Å². The highest BCUT2D eigenvalue weighted by molar-refractivity contribution is 5.95. The van der Waals surface area contributed by atoms with Crippen LogP contribution >= 0.6 is 0 Å². The Kier molecular flexibility index (Phi) is 5.46. The molecular weight excluding hydrogens is 316 g/mol. The first kappa shape index (κ1) is 17.2. The maximum absolute atomic E-state index is 12.1. The summed E-state index contributed by atoms with van der Waals surface area (Å²) in [5, 5.41) is 2.90. The van der Waals surface area contributed by atoms with E-state index in [0.717, 1.165) is 16.9 Å². The number of carbonyl (C=O) groups excluding carboxylic acids is 2. The van der Waals surface area contributed by atoms with Gasteiger partial charge in [0.05, 0.1) is 6.61 Å². The summed E-state index contributed by atoms with van der Waals surface area (Å²) in [6.07, 6.45) is 1.15. The SMILES string of the molecule is Cc1cccc(CCC(=O)Nc2ccc(N3CCOCC3=O)cc2)c1. The van der Waals surface area contributed by atoms with Crippen molar-refractivity contribution in [2.45, 2.75) is 19.8 Å². The van der Waals surface area contributed by atoms with Gasteiger partial charge in [0.15, 0.2) is 0 Å². The van der Waals surface area contributed by atoms with Gasteiger partial charge in [-0.25, -0.2) is 0 Å². The smallest absolute Gasteiger partial charge is 0.253 e. The second kappa shape index (κ2) is 7.94. The second-order valence-corrected chi connectivity index (χ2v) is 6.18. The topological polar surface area (TPSA) is 58.6 Å². The summed E-state index contributed by atoms with van der Waals surface area (Å²) in [7, 11) is 0. The van der Waals surface area contributed by atoms with Crippen LogP contribution in [0.2, 0.25) is 0 Å². The molecule has 0 aliphatic carbocycles. The molecule has 2 aromatic rings. The summed E-state index contributed by atoms with van der Waals surface area (Å²) in [5.74, 6) is -0.0575. The molecule has 130 valence electrons. The molecule has 0 saturated carbocycles. The molecule has 1 aliphatic heterocycles. The number of hydrogen-bond acceptors (Lipinski definition) is 3. The molecule has 1 N–H and O–H groups in total. The number of rotatable bonds is 5. The van der Waals surface area contributed by atoms with Crippen LogP contribution in [0.4, 0.5) is 11.4 Å². The Bertz CT molecular complexity index is 756. The van der Waals surface area contributed by atoms with Crippen molar-refractivity contribution in [1.29, 1.82) is 0 Å². The first-order valence-corrected chi connectivity index (χ1v) is 8.45. The quantitative estimate of drug-likeness (QED) is 0.912. The van der Waals surface area contributed by atoms with Gasteiger partial charge in [-0.15, -0.1) is 0 Å². The number of ether oxygens (including phenoxy) is 1. The largest absolute Gasteiger partial charge is 0.370 e. The maximum Gasteiger partial charge on any atom is 0.253 e. The predicted molar refractivity (Wildman–Crippen MR) is 97.7 cm³/mol. The average Bonchev–Trinajstić information content (AvgIpc) is 2.61. The van der Waals surface area contributed by atoms with Gasteiger partial charge in [0.25, 0.3) is 5.91 Å². The zero-order valence-electron chi connectivity index (χ0n) is 14.3. The van der Waals surface area contributed by atoms with Gasteiger partial charge in [-0.1, -0.05) is 29.8 Å². The van der Waals surface area contributed by atoms with Gasteiger partial charge in [0.2, 0.25) is 5.91 Å². The van der Waals surface area contributed by atoms with Gasteiger partial charge in [0, 0.05) is 24.3 Å². The van der Waals surface area contributed by atoms with Crippen LogP contribution in [-0.2, 0) is 20.7 Å². The van der Waals surface area contributed by atoms with Crippen LogP contribution < -0.4 is 10.2 Å². The summed E-state index contributed by atoms with van der Waals surface area (Å²) in [5.41, 5.74) is 3.92. The molecule has 25 heavy (non-hydrogen) atoms. The van der Waals surface area contributed by atoms with Crippen LogP contribution in [0.3, 0.4) is 0 Å². The minimum atomic E-state index is -0.0406. The van der Waals surface area contributed by atoms with Crippen molar-refractivity contribution >= 4 is 23.2 Å². The van der Waals surface area contributed by atoms with Gasteiger partial charge in [-0.2, -0.15) is 0 Å². The molecule has 0 radical (unpaired) electrons. The molecule has 3 rings (SSSR count). The zero-order valence-corrected chi connectivity index (χ0v) is 14.3. The fourth-order valence-corrected chi connectivity index (χ4v) is 2.86. The molecule has 0 unspecified atom stereocenters. The molecule has 1 heterocycles. The monoisotopic (exact) mass is 338 g/mol. The van der Waals surface area contributed by atoms with Crippen molar-refractivity contribution in [1.82, 2.24) is 0 Å². The molecule has 0 atom stereocenters. The van der Waals surface area contributed by atoms with Crippen LogP contribution in [0.5, 0.6) is 0 Å². The highest BCUT2D eigenvalue weighted by Gasteiger charge is 2.19. The Morgan fingerprint density at radius 3 is 2.72 bits per heavy atom. The van der Waals surface area contributed by atoms with Crippen molar-refractivity contribution in [3.8, 4) is 0 Å². The number of benzene rings is 2. The van der Waals surface area contributed by atoms with Crippen LogP contribution in [0.1, 0.15) is 17.5 Å². The van der Waals surface area contributed by atoms with E-state index in [4.69, 9.17) is 4.74 Å². The first-order chi connectivity index (χ1) is 12.1. The van der Waals surface area contributed by atoms with Crippen molar-refractivity contribution in [3.05, 3.63) is 59.7 Å². The summed E-state index contributed by atoms with van der Waals surface area (Å²) in [4.78, 5) is 25.7. The number of carbonyl (C=O) groups is 2. The summed E-state index contributed by atoms with van der Waals surface area (Å²) >= 11 is 0. The maximum atomic E-state index is 12.1. The van der Waals surface area contributed by atoms with Crippen LogP contribution in [0.25, 0.3) is 0 Å². The molecule has 5 nitrogen and oxygen atoms in total. The molecule has 1 aliphatic rings. The molecular formula is C20H22N2O3.